The van der Waals surface area contributed by atoms with Crippen LogP contribution in [-0.4, -0.2) is 55.8 Å². The maximum Gasteiger partial charge on any atom is 0.289 e. The van der Waals surface area contributed by atoms with E-state index in [1.54, 1.807) is 19.9 Å². The third kappa shape index (κ3) is 3.39. The molecule has 1 aromatic carbocycles. The van der Waals surface area contributed by atoms with Gasteiger partial charge in [0.15, 0.2) is 4.90 Å². The molecule has 23 heavy (non-hydrogen) atoms. The molecule has 1 heterocycles. The highest BCUT2D eigenvalue weighted by atomic mass is 32.2. The summed E-state index contributed by atoms with van der Waals surface area (Å²) in [6.45, 7) is 4.95. The number of hydrogen-bond donors (Lipinski definition) is 0. The highest BCUT2D eigenvalue weighted by Crippen LogP contribution is 2.33. The van der Waals surface area contributed by atoms with E-state index in [1.165, 1.54) is 17.4 Å². The first kappa shape index (κ1) is 17.8. The Labute approximate surface area is 137 Å². The standard InChI is InChI=1S/C15H23N3O4S/c1-11-7-8-14(18(19)20)15(12(11)2)23(21,22)17(4)13-6-5-9-16(3)10-13/h7-8,13H,5-6,9-10H2,1-4H3. The van der Waals surface area contributed by atoms with Crippen LogP contribution in [0.3, 0.4) is 0 Å². The van der Waals surface area contributed by atoms with Gasteiger partial charge in [-0.2, -0.15) is 4.31 Å². The van der Waals surface area contributed by atoms with Gasteiger partial charge in [-0.3, -0.25) is 10.1 Å². The minimum Gasteiger partial charge on any atom is -0.305 e. The number of nitro benzene ring substituents is 1. The molecule has 0 spiro atoms. The topological polar surface area (TPSA) is 83.8 Å². The summed E-state index contributed by atoms with van der Waals surface area (Å²) in [5.41, 5.74) is 0.808. The number of nitrogens with zero attached hydrogens (tertiary/aromatic N) is 3. The Kier molecular flexibility index (Phi) is 5.07. The van der Waals surface area contributed by atoms with Crippen LogP contribution in [0.4, 0.5) is 5.69 Å². The normalized spacial score (nSPS) is 20.0. The first-order valence-corrected chi connectivity index (χ1v) is 9.01. The lowest BCUT2D eigenvalue weighted by Gasteiger charge is -2.35. The Morgan fingerprint density at radius 2 is 2.00 bits per heavy atom. The lowest BCUT2D eigenvalue weighted by molar-refractivity contribution is -0.388. The van der Waals surface area contributed by atoms with Gasteiger partial charge in [0.2, 0.25) is 10.0 Å². The van der Waals surface area contributed by atoms with E-state index in [0.717, 1.165) is 24.9 Å². The second kappa shape index (κ2) is 6.54. The number of nitro groups is 1. The van der Waals surface area contributed by atoms with Crippen LogP contribution in [0.25, 0.3) is 0 Å². The van der Waals surface area contributed by atoms with Crippen molar-refractivity contribution in [2.45, 2.75) is 37.6 Å². The summed E-state index contributed by atoms with van der Waals surface area (Å²) in [5.74, 6) is 0. The van der Waals surface area contributed by atoms with E-state index < -0.39 is 14.9 Å². The number of piperidine rings is 1. The number of aryl methyl sites for hydroxylation is 1. The number of likely N-dealkylation sites (N-methyl/N-ethyl adjacent to an activating group) is 2. The summed E-state index contributed by atoms with van der Waals surface area (Å²) in [7, 11) is -0.456. The third-order valence-electron chi connectivity index (χ3n) is 4.60. The third-order valence-corrected chi connectivity index (χ3v) is 6.69. The molecule has 0 amide bonds. The molecule has 0 saturated carbocycles. The van der Waals surface area contributed by atoms with Crippen molar-refractivity contribution in [2.24, 2.45) is 0 Å². The molecule has 128 valence electrons. The fourth-order valence-corrected chi connectivity index (χ4v) is 4.83. The molecule has 1 saturated heterocycles. The van der Waals surface area contributed by atoms with E-state index in [9.17, 15) is 18.5 Å². The second-order valence-corrected chi connectivity index (χ2v) is 8.13. The summed E-state index contributed by atoms with van der Waals surface area (Å²) in [4.78, 5) is 12.6. The quantitative estimate of drug-likeness (QED) is 0.617. The SMILES string of the molecule is Cc1ccc([N+](=O)[O-])c(S(=O)(=O)N(C)C2CCCN(C)C2)c1C. The zero-order valence-corrected chi connectivity index (χ0v) is 14.8. The Morgan fingerprint density at radius 1 is 1.35 bits per heavy atom. The minimum atomic E-state index is -3.93. The number of hydrogen-bond acceptors (Lipinski definition) is 5. The van der Waals surface area contributed by atoms with Crippen molar-refractivity contribution in [2.75, 3.05) is 27.2 Å². The van der Waals surface area contributed by atoms with Crippen LogP contribution < -0.4 is 0 Å². The zero-order valence-electron chi connectivity index (χ0n) is 13.9. The van der Waals surface area contributed by atoms with Gasteiger partial charge in [-0.25, -0.2) is 8.42 Å². The smallest absolute Gasteiger partial charge is 0.289 e. The molecular weight excluding hydrogens is 318 g/mol. The molecule has 0 aliphatic carbocycles. The average molecular weight is 341 g/mol. The van der Waals surface area contributed by atoms with Crippen molar-refractivity contribution >= 4 is 15.7 Å². The van der Waals surface area contributed by atoms with Crippen LogP contribution in [0.2, 0.25) is 0 Å². The lowest BCUT2D eigenvalue weighted by Crippen LogP contribution is -2.47. The fourth-order valence-electron chi connectivity index (χ4n) is 3.02. The molecule has 0 bridgehead atoms. The molecule has 1 aromatic rings. The minimum absolute atomic E-state index is 0.168. The molecule has 0 aromatic heterocycles. The maximum absolute atomic E-state index is 13.0. The molecule has 1 unspecified atom stereocenters. The Bertz CT molecular complexity index is 718. The van der Waals surface area contributed by atoms with E-state index in [1.807, 2.05) is 7.05 Å². The zero-order chi connectivity index (χ0) is 17.4. The Balaban J connectivity index is 2.51. The van der Waals surface area contributed by atoms with Crippen molar-refractivity contribution in [3.8, 4) is 0 Å². The summed E-state index contributed by atoms with van der Waals surface area (Å²) in [5, 5.41) is 11.3. The Morgan fingerprint density at radius 3 is 2.57 bits per heavy atom. The van der Waals surface area contributed by atoms with Gasteiger partial charge in [-0.15, -0.1) is 0 Å². The van der Waals surface area contributed by atoms with Crippen molar-refractivity contribution in [3.63, 3.8) is 0 Å². The fraction of sp³-hybridized carbons (Fsp3) is 0.600. The first-order valence-electron chi connectivity index (χ1n) is 7.57. The van der Waals surface area contributed by atoms with Gasteiger partial charge >= 0.3 is 0 Å². The summed E-state index contributed by atoms with van der Waals surface area (Å²) in [6.07, 6.45) is 1.68. The van der Waals surface area contributed by atoms with Crippen molar-refractivity contribution < 1.29 is 13.3 Å². The van der Waals surface area contributed by atoms with Crippen molar-refractivity contribution in [1.82, 2.24) is 9.21 Å². The summed E-state index contributed by atoms with van der Waals surface area (Å²) in [6, 6.07) is 2.69. The van der Waals surface area contributed by atoms with Gasteiger partial charge in [0, 0.05) is 25.7 Å². The highest BCUT2D eigenvalue weighted by Gasteiger charge is 2.36. The maximum atomic E-state index is 13.0. The molecule has 1 fully saturated rings. The average Bonchev–Trinajstić information content (AvgIpc) is 2.48. The molecule has 0 N–H and O–H groups in total. The van der Waals surface area contributed by atoms with Crippen molar-refractivity contribution in [1.29, 1.82) is 0 Å². The molecule has 8 heteroatoms. The first-order chi connectivity index (χ1) is 10.7. The highest BCUT2D eigenvalue weighted by molar-refractivity contribution is 7.89. The van der Waals surface area contributed by atoms with Crippen LogP contribution in [0.1, 0.15) is 24.0 Å². The Hall–Kier alpha value is -1.51. The predicted molar refractivity (Wildman–Crippen MR) is 88.0 cm³/mol. The number of rotatable bonds is 4. The molecule has 0 radical (unpaired) electrons. The largest absolute Gasteiger partial charge is 0.305 e. The monoisotopic (exact) mass is 341 g/mol. The van der Waals surface area contributed by atoms with E-state index in [0.29, 0.717) is 12.1 Å². The molecule has 1 aliphatic rings. The van der Waals surface area contributed by atoms with Gasteiger partial charge in [-0.1, -0.05) is 6.07 Å². The van der Waals surface area contributed by atoms with Gasteiger partial charge in [0.05, 0.1) is 4.92 Å². The summed E-state index contributed by atoms with van der Waals surface area (Å²) < 4.78 is 27.4. The molecule has 2 rings (SSSR count). The van der Waals surface area contributed by atoms with E-state index >= 15 is 0 Å². The lowest BCUT2D eigenvalue weighted by atomic mass is 10.1. The van der Waals surface area contributed by atoms with Crippen LogP contribution in [0, 0.1) is 24.0 Å². The number of sulfonamides is 1. The van der Waals surface area contributed by atoms with Crippen LogP contribution in [-0.2, 0) is 10.0 Å². The number of benzene rings is 1. The molecule has 7 nitrogen and oxygen atoms in total. The van der Waals surface area contributed by atoms with E-state index in [2.05, 4.69) is 4.90 Å². The van der Waals surface area contributed by atoms with Crippen LogP contribution >= 0.6 is 0 Å². The van der Waals surface area contributed by atoms with Crippen LogP contribution in [0.5, 0.6) is 0 Å². The number of likely N-dealkylation sites (tertiary alicyclic amines) is 1. The van der Waals surface area contributed by atoms with Gasteiger partial charge in [0.25, 0.3) is 5.69 Å². The second-order valence-electron chi connectivity index (χ2n) is 6.19. The van der Waals surface area contributed by atoms with Gasteiger partial charge in [-0.05, 0) is 51.4 Å². The van der Waals surface area contributed by atoms with Crippen LogP contribution in [0.15, 0.2) is 17.0 Å². The van der Waals surface area contributed by atoms with Crippen molar-refractivity contribution in [3.05, 3.63) is 33.4 Å². The van der Waals surface area contributed by atoms with Gasteiger partial charge < -0.3 is 4.90 Å². The van der Waals surface area contributed by atoms with Gasteiger partial charge in [0.1, 0.15) is 0 Å². The van der Waals surface area contributed by atoms with E-state index in [-0.39, 0.29) is 16.6 Å². The van der Waals surface area contributed by atoms with E-state index in [4.69, 9.17) is 0 Å². The molecular formula is C15H23N3O4S. The predicted octanol–water partition coefficient (Wildman–Crippen LogP) is 1.93. The summed E-state index contributed by atoms with van der Waals surface area (Å²) >= 11 is 0. The molecule has 1 atom stereocenters. The molecule has 1 aliphatic heterocycles.